The van der Waals surface area contributed by atoms with Crippen LogP contribution in [0.5, 0.6) is 5.75 Å². The minimum Gasteiger partial charge on any atom is -1.00 e. The molecule has 0 fully saturated rings. The zero-order valence-electron chi connectivity index (χ0n) is 21.1. The minimum absolute atomic E-state index is 0. The molecule has 0 saturated heterocycles. The van der Waals surface area contributed by atoms with Crippen LogP contribution in [0.3, 0.4) is 0 Å². The maximum atomic E-state index is 11.2. The summed E-state index contributed by atoms with van der Waals surface area (Å²) in [4.78, 5) is 0. The summed E-state index contributed by atoms with van der Waals surface area (Å²) < 4.78 is 76.4. The van der Waals surface area contributed by atoms with Crippen LogP contribution in [0.4, 0.5) is 5.69 Å². The fourth-order valence-electron chi connectivity index (χ4n) is 3.86. The number of benzene rings is 2. The average Bonchev–Trinajstić information content (AvgIpc) is 3.33. The molecule has 0 saturated carbocycles. The second-order valence-corrected chi connectivity index (χ2v) is 11.1. The molecule has 3 aromatic rings. The van der Waals surface area contributed by atoms with Crippen molar-refractivity contribution in [2.24, 2.45) is 0 Å². The Morgan fingerprint density at radius 1 is 0.973 bits per heavy atom. The standard InChI is InChI=1S/C23H24N2O8S2.K.H2O.H/c26-34(27,28)15-5-8-17-7-3-11-20-23(17)25(14-6-16-35(29,30)31)22(33-20)13-4-12-21-24-18-9-1-2-10-19(18)32-21;;;/h1-4,7,9-13H,5-6,8,14-16H2,(H2,26,27,28,29,30,31);;1H2;/q;+1;;-1. The van der Waals surface area contributed by atoms with E-state index in [0.29, 0.717) is 35.0 Å². The van der Waals surface area contributed by atoms with Crippen molar-refractivity contribution >= 4 is 43.1 Å². The van der Waals surface area contributed by atoms with E-state index in [0.717, 1.165) is 11.3 Å². The predicted octanol–water partition coefficient (Wildman–Crippen LogP) is 0.117. The van der Waals surface area contributed by atoms with Gasteiger partial charge in [-0.25, -0.2) is 0 Å². The Bertz CT molecular complexity index is 1490. The first-order valence-electron chi connectivity index (χ1n) is 10.9. The Kier molecular flexibility index (Phi) is 11.5. The van der Waals surface area contributed by atoms with Gasteiger partial charge >= 0.3 is 57.3 Å². The maximum Gasteiger partial charge on any atom is 1.00 e. The SMILES string of the molecule is O=S(=O)(O)CCCc1cccc2oc(C=CC=C3Nc4ccccc4O3)[n+](CCCS(=O)(=O)O)c12.[H-].[K+].[OH-]. The van der Waals surface area contributed by atoms with Crippen molar-refractivity contribution in [1.29, 1.82) is 0 Å². The summed E-state index contributed by atoms with van der Waals surface area (Å²) in [6.45, 7) is 0.235. The van der Waals surface area contributed by atoms with Gasteiger partial charge in [-0.2, -0.15) is 21.4 Å². The summed E-state index contributed by atoms with van der Waals surface area (Å²) in [5.74, 6) is 0.888. The number of para-hydroxylation sites is 3. The average molecular weight is 579 g/mol. The maximum absolute atomic E-state index is 11.2. The van der Waals surface area contributed by atoms with Crippen molar-refractivity contribution in [3.05, 3.63) is 72.0 Å². The van der Waals surface area contributed by atoms with Crippen LogP contribution in [-0.4, -0.2) is 42.9 Å². The third kappa shape index (κ3) is 8.99. The van der Waals surface area contributed by atoms with Gasteiger partial charge in [-0.1, -0.05) is 24.3 Å². The van der Waals surface area contributed by atoms with Gasteiger partial charge in [0, 0.05) is 12.0 Å². The number of hydrogen-bond acceptors (Lipinski definition) is 8. The van der Waals surface area contributed by atoms with Crippen LogP contribution in [0.15, 0.2) is 64.9 Å². The van der Waals surface area contributed by atoms with Crippen molar-refractivity contribution in [2.45, 2.75) is 25.8 Å². The minimum atomic E-state index is -4.13. The van der Waals surface area contributed by atoms with Gasteiger partial charge in [-0.15, -0.1) is 0 Å². The summed E-state index contributed by atoms with van der Waals surface area (Å²) in [7, 11) is -8.21. The van der Waals surface area contributed by atoms with E-state index < -0.39 is 26.0 Å². The Hall–Kier alpha value is -1.59. The molecule has 11 nitrogen and oxygen atoms in total. The number of fused-ring (bicyclic) bond motifs is 2. The molecule has 0 bridgehead atoms. The smallest absolute Gasteiger partial charge is 1.00 e. The van der Waals surface area contributed by atoms with E-state index in [2.05, 4.69) is 5.32 Å². The van der Waals surface area contributed by atoms with Gasteiger partial charge in [-0.05, 0) is 43.2 Å². The molecule has 1 aliphatic rings. The predicted molar refractivity (Wildman–Crippen MR) is 133 cm³/mol. The molecule has 0 unspecified atom stereocenters. The molecule has 14 heteroatoms. The van der Waals surface area contributed by atoms with E-state index in [-0.39, 0.29) is 83.4 Å². The number of hydrogen-bond donors (Lipinski definition) is 3. The number of aryl methyl sites for hydroxylation is 2. The van der Waals surface area contributed by atoms with Gasteiger partial charge in [0.05, 0.1) is 23.3 Å². The van der Waals surface area contributed by atoms with Gasteiger partial charge < -0.3 is 21.4 Å². The van der Waals surface area contributed by atoms with Gasteiger partial charge in [0.25, 0.3) is 25.8 Å². The molecular weight excluding hydrogens is 551 g/mol. The van der Waals surface area contributed by atoms with E-state index in [4.69, 9.17) is 18.3 Å². The van der Waals surface area contributed by atoms with E-state index >= 15 is 0 Å². The number of oxazole rings is 1. The molecule has 0 amide bonds. The zero-order chi connectivity index (χ0) is 25.1. The number of anilines is 1. The van der Waals surface area contributed by atoms with E-state index in [1.165, 1.54) is 0 Å². The summed E-state index contributed by atoms with van der Waals surface area (Å²) in [5, 5.41) is 3.14. The van der Waals surface area contributed by atoms with Gasteiger partial charge in [-0.3, -0.25) is 9.11 Å². The van der Waals surface area contributed by atoms with Crippen LogP contribution >= 0.6 is 0 Å². The van der Waals surface area contributed by atoms with Gasteiger partial charge in [0.2, 0.25) is 5.58 Å². The van der Waals surface area contributed by atoms with Crippen LogP contribution in [-0.2, 0) is 33.2 Å². The second-order valence-electron chi connectivity index (χ2n) is 8.00. The van der Waals surface area contributed by atoms with E-state index in [1.807, 2.05) is 30.3 Å². The molecule has 1 aromatic heterocycles. The molecule has 1 aliphatic heterocycles. The van der Waals surface area contributed by atoms with Crippen LogP contribution < -0.4 is 66.0 Å². The van der Waals surface area contributed by atoms with Crippen LogP contribution in [0.1, 0.15) is 25.7 Å². The zero-order valence-corrected chi connectivity index (χ0v) is 24.8. The summed E-state index contributed by atoms with van der Waals surface area (Å²) in [6.07, 6.45) is 5.86. The molecule has 0 atom stereocenters. The normalized spacial score (nSPS) is 14.2. The van der Waals surface area contributed by atoms with E-state index in [9.17, 15) is 16.8 Å². The Balaban J connectivity index is 0.00000241. The summed E-state index contributed by atoms with van der Waals surface area (Å²) in [5.41, 5.74) is 2.87. The first-order valence-corrected chi connectivity index (χ1v) is 14.1. The van der Waals surface area contributed by atoms with Crippen molar-refractivity contribution in [3.8, 4) is 5.75 Å². The molecule has 4 rings (SSSR count). The second kappa shape index (κ2) is 13.5. The largest absolute Gasteiger partial charge is 1.00 e. The summed E-state index contributed by atoms with van der Waals surface area (Å²) >= 11 is 0. The number of rotatable bonds is 10. The Labute approximate surface area is 258 Å². The molecule has 37 heavy (non-hydrogen) atoms. The van der Waals surface area contributed by atoms with Crippen LogP contribution in [0.2, 0.25) is 0 Å². The third-order valence-corrected chi connectivity index (χ3v) is 6.93. The third-order valence-electron chi connectivity index (χ3n) is 5.32. The number of nitrogens with one attached hydrogen (secondary N) is 1. The molecule has 0 spiro atoms. The molecule has 196 valence electrons. The quantitative estimate of drug-likeness (QED) is 0.170. The topological polar surface area (TPSA) is 177 Å². The number of allylic oxidation sites excluding steroid dienone is 2. The van der Waals surface area contributed by atoms with Gasteiger partial charge in [0.1, 0.15) is 0 Å². The molecule has 4 N–H and O–H groups in total. The monoisotopic (exact) mass is 578 g/mol. The van der Waals surface area contributed by atoms with Gasteiger partial charge in [0.15, 0.2) is 18.2 Å². The number of ether oxygens (including phenoxy) is 1. The molecule has 0 radical (unpaired) electrons. The number of nitrogens with zero attached hydrogens (tertiary/aromatic N) is 1. The van der Waals surface area contributed by atoms with Crippen molar-refractivity contribution in [1.82, 2.24) is 0 Å². The first-order chi connectivity index (χ1) is 16.6. The first kappa shape index (κ1) is 31.6. The van der Waals surface area contributed by atoms with Crippen molar-refractivity contribution < 1.29 is 97.9 Å². The van der Waals surface area contributed by atoms with Crippen LogP contribution in [0.25, 0.3) is 17.2 Å². The fraction of sp³-hybridized carbons (Fsp3) is 0.261. The van der Waals surface area contributed by atoms with E-state index in [1.54, 1.807) is 34.9 Å². The number of aromatic nitrogens is 1. The fourth-order valence-corrected chi connectivity index (χ4v) is 4.86. The Morgan fingerprint density at radius 2 is 1.68 bits per heavy atom. The molecular formula is C23H27KN2O9S2. The molecule has 2 aromatic carbocycles. The molecule has 2 heterocycles. The summed E-state index contributed by atoms with van der Waals surface area (Å²) in [6, 6.07) is 12.9. The van der Waals surface area contributed by atoms with Crippen LogP contribution in [0, 0.1) is 0 Å². The van der Waals surface area contributed by atoms with Crippen molar-refractivity contribution in [3.63, 3.8) is 0 Å². The Morgan fingerprint density at radius 3 is 2.38 bits per heavy atom. The molecule has 0 aliphatic carbocycles. The van der Waals surface area contributed by atoms with Crippen molar-refractivity contribution in [2.75, 3.05) is 16.8 Å².